The molecule has 2 aromatic carbocycles. The molecule has 0 spiro atoms. The highest BCUT2D eigenvalue weighted by Gasteiger charge is 2.16. The van der Waals surface area contributed by atoms with Crippen molar-refractivity contribution in [1.29, 1.82) is 0 Å². The third-order valence-electron chi connectivity index (χ3n) is 3.30. The van der Waals surface area contributed by atoms with Crippen LogP contribution in [-0.2, 0) is 6.54 Å². The molecule has 0 unspecified atom stereocenters. The van der Waals surface area contributed by atoms with Gasteiger partial charge in [-0.25, -0.2) is 0 Å². The lowest BCUT2D eigenvalue weighted by Gasteiger charge is -2.29. The standard InChI is InChI=1S/C16H16N2/c17-15-10-11-18(12-13-6-2-1-3-7-13)16-9-5-4-8-14(15)16/h1-10H,11-12,17H2. The van der Waals surface area contributed by atoms with Gasteiger partial charge in [0.2, 0.25) is 0 Å². The zero-order valence-electron chi connectivity index (χ0n) is 10.2. The van der Waals surface area contributed by atoms with Crippen molar-refractivity contribution in [3.63, 3.8) is 0 Å². The fourth-order valence-corrected chi connectivity index (χ4v) is 2.36. The molecule has 2 nitrogen and oxygen atoms in total. The van der Waals surface area contributed by atoms with E-state index in [9.17, 15) is 0 Å². The largest absolute Gasteiger partial charge is 0.398 e. The van der Waals surface area contributed by atoms with Crippen LogP contribution in [0.1, 0.15) is 11.1 Å². The van der Waals surface area contributed by atoms with Crippen LogP contribution in [0.4, 0.5) is 5.69 Å². The Morgan fingerprint density at radius 2 is 1.67 bits per heavy atom. The van der Waals surface area contributed by atoms with Crippen molar-refractivity contribution in [1.82, 2.24) is 0 Å². The fourth-order valence-electron chi connectivity index (χ4n) is 2.36. The Hall–Kier alpha value is -2.22. The summed E-state index contributed by atoms with van der Waals surface area (Å²) in [5.74, 6) is 0. The number of hydrogen-bond donors (Lipinski definition) is 1. The van der Waals surface area contributed by atoms with E-state index in [4.69, 9.17) is 5.73 Å². The Morgan fingerprint density at radius 3 is 2.50 bits per heavy atom. The highest BCUT2D eigenvalue weighted by atomic mass is 15.1. The predicted molar refractivity (Wildman–Crippen MR) is 76.1 cm³/mol. The number of para-hydroxylation sites is 1. The predicted octanol–water partition coefficient (Wildman–Crippen LogP) is 3.01. The summed E-state index contributed by atoms with van der Waals surface area (Å²) in [6.45, 7) is 1.79. The molecule has 0 atom stereocenters. The lowest BCUT2D eigenvalue weighted by atomic mass is 10.0. The lowest BCUT2D eigenvalue weighted by Crippen LogP contribution is -2.27. The molecule has 1 heterocycles. The molecule has 0 saturated carbocycles. The minimum atomic E-state index is 0.873. The Labute approximate surface area is 107 Å². The molecule has 0 aliphatic carbocycles. The Bertz CT molecular complexity index is 573. The van der Waals surface area contributed by atoms with Gasteiger partial charge in [0.05, 0.1) is 0 Å². The number of nitrogens with two attached hydrogens (primary N) is 1. The topological polar surface area (TPSA) is 29.3 Å². The van der Waals surface area contributed by atoms with Gasteiger partial charge >= 0.3 is 0 Å². The average molecular weight is 236 g/mol. The first-order chi connectivity index (χ1) is 8.84. The molecular weight excluding hydrogens is 220 g/mol. The van der Waals surface area contributed by atoms with Gasteiger partial charge in [0.15, 0.2) is 0 Å². The monoisotopic (exact) mass is 236 g/mol. The minimum Gasteiger partial charge on any atom is -0.398 e. The molecule has 2 N–H and O–H groups in total. The number of hydrogen-bond acceptors (Lipinski definition) is 2. The number of rotatable bonds is 2. The highest BCUT2D eigenvalue weighted by molar-refractivity contribution is 5.78. The van der Waals surface area contributed by atoms with E-state index < -0.39 is 0 Å². The summed E-state index contributed by atoms with van der Waals surface area (Å²) < 4.78 is 0. The molecule has 0 fully saturated rings. The lowest BCUT2D eigenvalue weighted by molar-refractivity contribution is 0.857. The average Bonchev–Trinajstić information content (AvgIpc) is 2.44. The summed E-state index contributed by atoms with van der Waals surface area (Å²) in [4.78, 5) is 2.35. The van der Waals surface area contributed by atoms with Gasteiger partial charge in [-0.3, -0.25) is 0 Å². The van der Waals surface area contributed by atoms with Crippen LogP contribution >= 0.6 is 0 Å². The van der Waals surface area contributed by atoms with Gasteiger partial charge in [-0.2, -0.15) is 0 Å². The van der Waals surface area contributed by atoms with Crippen molar-refractivity contribution in [3.05, 3.63) is 71.8 Å². The molecule has 2 heteroatoms. The molecule has 0 bridgehead atoms. The molecule has 2 aromatic rings. The van der Waals surface area contributed by atoms with E-state index in [0.29, 0.717) is 0 Å². The van der Waals surface area contributed by atoms with Crippen molar-refractivity contribution in [2.45, 2.75) is 6.54 Å². The summed E-state index contributed by atoms with van der Waals surface area (Å²) in [7, 11) is 0. The summed E-state index contributed by atoms with van der Waals surface area (Å²) >= 11 is 0. The summed E-state index contributed by atoms with van der Waals surface area (Å²) in [5.41, 5.74) is 10.6. The first kappa shape index (κ1) is 10.9. The third-order valence-corrected chi connectivity index (χ3v) is 3.30. The summed E-state index contributed by atoms with van der Waals surface area (Å²) in [5, 5.41) is 0. The molecule has 1 aliphatic heterocycles. The van der Waals surface area contributed by atoms with E-state index in [1.165, 1.54) is 11.3 Å². The van der Waals surface area contributed by atoms with Gasteiger partial charge in [-0.1, -0.05) is 48.5 Å². The Morgan fingerprint density at radius 1 is 0.944 bits per heavy atom. The highest BCUT2D eigenvalue weighted by Crippen LogP contribution is 2.29. The first-order valence-electron chi connectivity index (χ1n) is 6.18. The van der Waals surface area contributed by atoms with Crippen LogP contribution in [-0.4, -0.2) is 6.54 Å². The maximum absolute atomic E-state index is 6.04. The number of anilines is 1. The zero-order chi connectivity index (χ0) is 12.4. The number of benzene rings is 2. The van der Waals surface area contributed by atoms with E-state index in [2.05, 4.69) is 53.4 Å². The Balaban J connectivity index is 1.92. The van der Waals surface area contributed by atoms with Crippen molar-refractivity contribution in [3.8, 4) is 0 Å². The smallest absolute Gasteiger partial charge is 0.0466 e. The van der Waals surface area contributed by atoms with E-state index in [1.807, 2.05) is 12.1 Å². The molecule has 0 saturated heterocycles. The minimum absolute atomic E-state index is 0.873. The molecule has 0 radical (unpaired) electrons. The van der Waals surface area contributed by atoms with Crippen LogP contribution in [0.15, 0.2) is 60.7 Å². The van der Waals surface area contributed by atoms with E-state index in [0.717, 1.165) is 24.4 Å². The van der Waals surface area contributed by atoms with Crippen molar-refractivity contribution in [2.24, 2.45) is 5.73 Å². The van der Waals surface area contributed by atoms with Crippen molar-refractivity contribution >= 4 is 11.4 Å². The van der Waals surface area contributed by atoms with Gasteiger partial charge in [0, 0.05) is 30.0 Å². The van der Waals surface area contributed by atoms with Crippen molar-refractivity contribution in [2.75, 3.05) is 11.4 Å². The van der Waals surface area contributed by atoms with E-state index >= 15 is 0 Å². The van der Waals surface area contributed by atoms with Crippen molar-refractivity contribution < 1.29 is 0 Å². The number of nitrogens with zero attached hydrogens (tertiary/aromatic N) is 1. The van der Waals surface area contributed by atoms with E-state index in [1.54, 1.807) is 0 Å². The summed E-state index contributed by atoms with van der Waals surface area (Å²) in [6.07, 6.45) is 2.09. The molecule has 3 rings (SSSR count). The maximum Gasteiger partial charge on any atom is 0.0466 e. The second-order valence-corrected chi connectivity index (χ2v) is 4.54. The molecule has 90 valence electrons. The fraction of sp³-hybridized carbons (Fsp3) is 0.125. The van der Waals surface area contributed by atoms with Gasteiger partial charge in [0.25, 0.3) is 0 Å². The molecule has 1 aliphatic rings. The zero-order valence-corrected chi connectivity index (χ0v) is 10.2. The normalized spacial score (nSPS) is 14.0. The number of fused-ring (bicyclic) bond motifs is 1. The molecule has 18 heavy (non-hydrogen) atoms. The SMILES string of the molecule is NC1=CCN(Cc2ccccc2)c2ccccc21. The Kier molecular flexibility index (Phi) is 2.77. The molecule has 0 amide bonds. The van der Waals surface area contributed by atoms with Gasteiger partial charge in [-0.15, -0.1) is 0 Å². The van der Waals surface area contributed by atoms with E-state index in [-0.39, 0.29) is 0 Å². The molecule has 0 aromatic heterocycles. The van der Waals surface area contributed by atoms with Crippen LogP contribution in [0, 0.1) is 0 Å². The van der Waals surface area contributed by atoms with Crippen LogP contribution in [0.5, 0.6) is 0 Å². The van der Waals surface area contributed by atoms with Gasteiger partial charge in [-0.05, 0) is 17.7 Å². The first-order valence-corrected chi connectivity index (χ1v) is 6.18. The quantitative estimate of drug-likeness (QED) is 0.868. The van der Waals surface area contributed by atoms with Crippen LogP contribution in [0.2, 0.25) is 0 Å². The second kappa shape index (κ2) is 4.57. The van der Waals surface area contributed by atoms with Gasteiger partial charge < -0.3 is 10.6 Å². The van der Waals surface area contributed by atoms with Crippen LogP contribution < -0.4 is 10.6 Å². The van der Waals surface area contributed by atoms with Crippen LogP contribution in [0.25, 0.3) is 5.70 Å². The maximum atomic E-state index is 6.04. The molecular formula is C16H16N2. The third kappa shape index (κ3) is 1.97. The second-order valence-electron chi connectivity index (χ2n) is 4.54. The van der Waals surface area contributed by atoms with Crippen LogP contribution in [0.3, 0.4) is 0 Å². The van der Waals surface area contributed by atoms with Gasteiger partial charge in [0.1, 0.15) is 0 Å². The summed E-state index contributed by atoms with van der Waals surface area (Å²) in [6, 6.07) is 18.8.